The van der Waals surface area contributed by atoms with E-state index in [4.69, 9.17) is 10.5 Å². The molecule has 0 unspecified atom stereocenters. The Balaban J connectivity index is 2.31. The highest BCUT2D eigenvalue weighted by atomic mass is 79.9. The smallest absolute Gasteiger partial charge is 0.223 e. The molecule has 17 heavy (non-hydrogen) atoms. The summed E-state index contributed by atoms with van der Waals surface area (Å²) in [6.07, 6.45) is 1.57. The van der Waals surface area contributed by atoms with Crippen molar-refractivity contribution in [2.24, 2.45) is 5.73 Å². The van der Waals surface area contributed by atoms with Gasteiger partial charge in [-0.25, -0.2) is 9.37 Å². The minimum absolute atomic E-state index is 0.126. The van der Waals surface area contributed by atoms with Crippen LogP contribution < -0.4 is 10.5 Å². The first-order valence-corrected chi connectivity index (χ1v) is 5.77. The highest BCUT2D eigenvalue weighted by molar-refractivity contribution is 9.10. The van der Waals surface area contributed by atoms with Gasteiger partial charge in [0, 0.05) is 22.8 Å². The van der Waals surface area contributed by atoms with Crippen LogP contribution in [0.1, 0.15) is 5.56 Å². The average molecular weight is 297 g/mol. The van der Waals surface area contributed by atoms with E-state index in [1.807, 2.05) is 0 Å². The third kappa shape index (κ3) is 2.81. The molecular formula is C12H10BrFN2O. The van der Waals surface area contributed by atoms with E-state index in [0.29, 0.717) is 16.9 Å². The number of hydrogen-bond donors (Lipinski definition) is 1. The van der Waals surface area contributed by atoms with Gasteiger partial charge < -0.3 is 10.5 Å². The fraction of sp³-hybridized carbons (Fsp3) is 0.0833. The quantitative estimate of drug-likeness (QED) is 0.946. The number of halogens is 2. The number of hydrogen-bond acceptors (Lipinski definition) is 3. The lowest BCUT2D eigenvalue weighted by molar-refractivity contribution is 0.422. The van der Waals surface area contributed by atoms with Crippen LogP contribution in [-0.2, 0) is 6.54 Å². The molecule has 2 rings (SSSR count). The highest BCUT2D eigenvalue weighted by Crippen LogP contribution is 2.27. The Bertz CT molecular complexity index is 534. The minimum Gasteiger partial charge on any atom is -0.436 e. The molecule has 1 aromatic carbocycles. The molecule has 88 valence electrons. The van der Waals surface area contributed by atoms with Crippen LogP contribution >= 0.6 is 15.9 Å². The molecule has 0 amide bonds. The van der Waals surface area contributed by atoms with Crippen molar-refractivity contribution in [1.82, 2.24) is 4.98 Å². The molecule has 0 saturated heterocycles. The van der Waals surface area contributed by atoms with Gasteiger partial charge in [-0.05, 0) is 24.3 Å². The molecule has 0 radical (unpaired) electrons. The lowest BCUT2D eigenvalue weighted by Crippen LogP contribution is -2.01. The molecular weight excluding hydrogens is 287 g/mol. The number of ether oxygens (including phenoxy) is 1. The molecule has 0 spiro atoms. The Morgan fingerprint density at radius 3 is 2.88 bits per heavy atom. The van der Waals surface area contributed by atoms with Crippen molar-refractivity contribution in [2.75, 3.05) is 0 Å². The molecule has 0 saturated carbocycles. The summed E-state index contributed by atoms with van der Waals surface area (Å²) in [6, 6.07) is 8.12. The summed E-state index contributed by atoms with van der Waals surface area (Å²) in [4.78, 5) is 4.03. The Morgan fingerprint density at radius 2 is 2.18 bits per heavy atom. The van der Waals surface area contributed by atoms with Crippen molar-refractivity contribution in [3.8, 4) is 11.6 Å². The molecule has 1 heterocycles. The first kappa shape index (κ1) is 12.0. The maximum Gasteiger partial charge on any atom is 0.223 e. The van der Waals surface area contributed by atoms with Crippen LogP contribution in [0.5, 0.6) is 11.6 Å². The van der Waals surface area contributed by atoms with E-state index in [1.54, 1.807) is 24.4 Å². The normalized spacial score (nSPS) is 10.3. The van der Waals surface area contributed by atoms with Gasteiger partial charge in [0.25, 0.3) is 0 Å². The van der Waals surface area contributed by atoms with Crippen LogP contribution in [0.4, 0.5) is 4.39 Å². The van der Waals surface area contributed by atoms with Gasteiger partial charge >= 0.3 is 0 Å². The zero-order valence-corrected chi connectivity index (χ0v) is 10.4. The maximum atomic E-state index is 13.6. The largest absolute Gasteiger partial charge is 0.436 e. The summed E-state index contributed by atoms with van der Waals surface area (Å²) >= 11 is 3.18. The van der Waals surface area contributed by atoms with Crippen LogP contribution in [0.2, 0.25) is 0 Å². The molecule has 0 aliphatic carbocycles. The summed E-state index contributed by atoms with van der Waals surface area (Å²) in [6.45, 7) is 0.293. The van der Waals surface area contributed by atoms with E-state index < -0.39 is 5.82 Å². The summed E-state index contributed by atoms with van der Waals surface area (Å²) in [7, 11) is 0. The molecule has 0 bridgehead atoms. The topological polar surface area (TPSA) is 48.1 Å². The van der Waals surface area contributed by atoms with Gasteiger partial charge in [-0.2, -0.15) is 0 Å². The number of rotatable bonds is 3. The lowest BCUT2D eigenvalue weighted by Gasteiger charge is -2.09. The van der Waals surface area contributed by atoms with Crippen LogP contribution in [-0.4, -0.2) is 4.98 Å². The average Bonchev–Trinajstić information content (AvgIpc) is 2.33. The summed E-state index contributed by atoms with van der Waals surface area (Å²) in [5, 5.41) is 0. The van der Waals surface area contributed by atoms with Crippen LogP contribution in [0.25, 0.3) is 0 Å². The van der Waals surface area contributed by atoms with E-state index in [1.165, 1.54) is 12.1 Å². The number of nitrogens with zero attached hydrogens (tertiary/aromatic N) is 1. The van der Waals surface area contributed by atoms with Gasteiger partial charge in [0.05, 0.1) is 0 Å². The van der Waals surface area contributed by atoms with E-state index in [2.05, 4.69) is 20.9 Å². The summed E-state index contributed by atoms with van der Waals surface area (Å²) < 4.78 is 19.6. The van der Waals surface area contributed by atoms with Gasteiger partial charge in [-0.1, -0.05) is 22.0 Å². The van der Waals surface area contributed by atoms with Crippen LogP contribution in [0.15, 0.2) is 41.0 Å². The van der Waals surface area contributed by atoms with Gasteiger partial charge in [0.15, 0.2) is 11.6 Å². The molecule has 3 nitrogen and oxygen atoms in total. The minimum atomic E-state index is -0.451. The van der Waals surface area contributed by atoms with Crippen molar-refractivity contribution in [3.63, 3.8) is 0 Å². The first-order chi connectivity index (χ1) is 8.20. The second kappa shape index (κ2) is 5.25. The summed E-state index contributed by atoms with van der Waals surface area (Å²) in [5.41, 5.74) is 6.28. The first-order valence-electron chi connectivity index (χ1n) is 4.97. The monoisotopic (exact) mass is 296 g/mol. The molecule has 0 aliphatic rings. The van der Waals surface area contributed by atoms with Crippen molar-refractivity contribution in [2.45, 2.75) is 6.54 Å². The number of nitrogens with two attached hydrogens (primary N) is 1. The van der Waals surface area contributed by atoms with Gasteiger partial charge in [-0.3, -0.25) is 0 Å². The molecule has 2 N–H and O–H groups in total. The Morgan fingerprint density at radius 1 is 1.35 bits per heavy atom. The molecule has 0 fully saturated rings. The molecule has 1 aromatic heterocycles. The lowest BCUT2D eigenvalue weighted by atomic mass is 10.2. The second-order valence-corrected chi connectivity index (χ2v) is 4.26. The van der Waals surface area contributed by atoms with E-state index in [0.717, 1.165) is 5.56 Å². The van der Waals surface area contributed by atoms with Crippen molar-refractivity contribution in [1.29, 1.82) is 0 Å². The third-order valence-corrected chi connectivity index (χ3v) is 2.66. The van der Waals surface area contributed by atoms with Crippen molar-refractivity contribution < 1.29 is 9.13 Å². The van der Waals surface area contributed by atoms with Gasteiger partial charge in [-0.15, -0.1) is 0 Å². The van der Waals surface area contributed by atoms with E-state index in [9.17, 15) is 4.39 Å². The van der Waals surface area contributed by atoms with Gasteiger partial charge in [0.1, 0.15) is 0 Å². The standard InChI is InChI=1S/C12H10BrFN2O/c13-9-3-4-11(10(14)6-9)17-12-8(7-15)2-1-5-16-12/h1-6H,7,15H2. The van der Waals surface area contributed by atoms with Crippen molar-refractivity contribution >= 4 is 15.9 Å². The SMILES string of the molecule is NCc1cccnc1Oc1ccc(Br)cc1F. The molecule has 5 heteroatoms. The van der Waals surface area contributed by atoms with E-state index >= 15 is 0 Å². The highest BCUT2D eigenvalue weighted by Gasteiger charge is 2.08. The Kier molecular flexibility index (Phi) is 3.71. The van der Waals surface area contributed by atoms with Crippen LogP contribution in [0.3, 0.4) is 0 Å². The maximum absolute atomic E-state index is 13.6. The Labute approximate surface area is 107 Å². The third-order valence-electron chi connectivity index (χ3n) is 2.17. The zero-order chi connectivity index (χ0) is 12.3. The number of pyridine rings is 1. The molecule has 2 aromatic rings. The van der Waals surface area contributed by atoms with Crippen molar-refractivity contribution in [3.05, 3.63) is 52.4 Å². The molecule has 0 atom stereocenters. The predicted octanol–water partition coefficient (Wildman–Crippen LogP) is 3.23. The van der Waals surface area contributed by atoms with Crippen LogP contribution in [0, 0.1) is 5.82 Å². The summed E-state index contributed by atoms with van der Waals surface area (Å²) in [5.74, 6) is 0.00539. The number of aromatic nitrogens is 1. The number of benzene rings is 1. The van der Waals surface area contributed by atoms with Gasteiger partial charge in [0.2, 0.25) is 5.88 Å². The fourth-order valence-electron chi connectivity index (χ4n) is 1.33. The fourth-order valence-corrected chi connectivity index (χ4v) is 1.67. The molecule has 0 aliphatic heterocycles. The predicted molar refractivity (Wildman–Crippen MR) is 66.3 cm³/mol. The van der Waals surface area contributed by atoms with E-state index in [-0.39, 0.29) is 5.75 Å². The zero-order valence-electron chi connectivity index (χ0n) is 8.86. The second-order valence-electron chi connectivity index (χ2n) is 3.35. The Hall–Kier alpha value is -1.46.